The van der Waals surface area contributed by atoms with Crippen molar-refractivity contribution in [1.29, 1.82) is 0 Å². The molecule has 0 aliphatic carbocycles. The van der Waals surface area contributed by atoms with Crippen molar-refractivity contribution in [3.63, 3.8) is 0 Å². The molecule has 0 atom stereocenters. The maximum Gasteiger partial charge on any atom is 0.348 e. The zero-order valence-corrected chi connectivity index (χ0v) is 17.7. The van der Waals surface area contributed by atoms with Crippen molar-refractivity contribution in [3.8, 4) is 0 Å². The molecule has 0 bridgehead atoms. The largest absolute Gasteiger partial charge is 0.462 e. The van der Waals surface area contributed by atoms with Gasteiger partial charge in [0, 0.05) is 6.20 Å². The molecule has 0 spiro atoms. The Morgan fingerprint density at radius 3 is 2.50 bits per heavy atom. The monoisotopic (exact) mass is 427 g/mol. The predicted molar refractivity (Wildman–Crippen MR) is 106 cm³/mol. The third-order valence-electron chi connectivity index (χ3n) is 3.69. The van der Waals surface area contributed by atoms with Crippen LogP contribution in [0.25, 0.3) is 0 Å². The number of halogens is 1. The molecule has 0 saturated carbocycles. The summed E-state index contributed by atoms with van der Waals surface area (Å²) in [4.78, 5) is 37.3. The first-order valence-corrected chi connectivity index (χ1v) is 9.94. The molecule has 2 heterocycles. The Kier molecular flexibility index (Phi) is 7.59. The van der Waals surface area contributed by atoms with Crippen LogP contribution in [-0.2, 0) is 20.8 Å². The Labute approximate surface area is 171 Å². The van der Waals surface area contributed by atoms with Crippen LogP contribution in [0.4, 0.5) is 5.00 Å². The Bertz CT molecular complexity index is 871. The van der Waals surface area contributed by atoms with Crippen LogP contribution in [0.5, 0.6) is 0 Å². The van der Waals surface area contributed by atoms with Crippen molar-refractivity contribution in [3.05, 3.63) is 32.9 Å². The van der Waals surface area contributed by atoms with Gasteiger partial charge in [-0.2, -0.15) is 5.10 Å². The average molecular weight is 428 g/mol. The smallest absolute Gasteiger partial charge is 0.348 e. The van der Waals surface area contributed by atoms with E-state index in [9.17, 15) is 14.4 Å². The second kappa shape index (κ2) is 9.70. The third-order valence-corrected chi connectivity index (χ3v) is 5.25. The summed E-state index contributed by atoms with van der Waals surface area (Å²) in [5.74, 6) is -1.57. The van der Waals surface area contributed by atoms with Crippen LogP contribution < -0.4 is 5.32 Å². The number of ether oxygens (including phenoxy) is 2. The lowest BCUT2D eigenvalue weighted by Crippen LogP contribution is -2.20. The number of nitrogens with one attached hydrogen (secondary N) is 1. The van der Waals surface area contributed by atoms with Gasteiger partial charge in [-0.3, -0.25) is 9.48 Å². The van der Waals surface area contributed by atoms with Crippen molar-refractivity contribution in [2.24, 2.45) is 0 Å². The quantitative estimate of drug-likeness (QED) is 0.646. The summed E-state index contributed by atoms with van der Waals surface area (Å²) in [6.07, 6.45) is 2.19. The molecule has 0 aliphatic heterocycles. The van der Waals surface area contributed by atoms with Crippen LogP contribution in [0, 0.1) is 13.8 Å². The average Bonchev–Trinajstić information content (AvgIpc) is 3.11. The van der Waals surface area contributed by atoms with Gasteiger partial charge in [-0.25, -0.2) is 9.59 Å². The molecule has 1 N–H and O–H groups in total. The van der Waals surface area contributed by atoms with Crippen molar-refractivity contribution in [1.82, 2.24) is 9.78 Å². The first-order chi connectivity index (χ1) is 13.3. The van der Waals surface area contributed by atoms with E-state index in [1.54, 1.807) is 20.8 Å². The summed E-state index contributed by atoms with van der Waals surface area (Å²) in [5, 5.41) is 7.49. The van der Waals surface area contributed by atoms with Crippen LogP contribution in [0.2, 0.25) is 5.02 Å². The van der Waals surface area contributed by atoms with Crippen molar-refractivity contribution in [2.45, 2.75) is 40.7 Å². The molecule has 0 fully saturated rings. The number of thiophene rings is 1. The molecule has 1 amide bonds. The summed E-state index contributed by atoms with van der Waals surface area (Å²) in [6.45, 7) is 7.26. The first-order valence-electron chi connectivity index (χ1n) is 8.75. The first kappa shape index (κ1) is 21.9. The van der Waals surface area contributed by atoms with Gasteiger partial charge < -0.3 is 14.8 Å². The SMILES string of the molecule is CCCOC(=O)c1c(NC(=O)Cn2cc(Cl)c(C)n2)sc(C(=O)OCC)c1C. The number of hydrogen-bond acceptors (Lipinski definition) is 7. The molecule has 0 aliphatic rings. The van der Waals surface area contributed by atoms with Crippen molar-refractivity contribution in [2.75, 3.05) is 18.5 Å². The van der Waals surface area contributed by atoms with Gasteiger partial charge in [-0.15, -0.1) is 11.3 Å². The van der Waals surface area contributed by atoms with E-state index in [0.717, 1.165) is 11.3 Å². The Morgan fingerprint density at radius 1 is 1.21 bits per heavy atom. The Morgan fingerprint density at radius 2 is 1.93 bits per heavy atom. The van der Waals surface area contributed by atoms with Crippen molar-refractivity contribution < 1.29 is 23.9 Å². The van der Waals surface area contributed by atoms with Gasteiger partial charge >= 0.3 is 11.9 Å². The van der Waals surface area contributed by atoms with Gasteiger partial charge in [0.25, 0.3) is 0 Å². The number of carbonyl (C=O) groups excluding carboxylic acids is 3. The zero-order valence-electron chi connectivity index (χ0n) is 16.1. The molecule has 28 heavy (non-hydrogen) atoms. The molecule has 10 heteroatoms. The molecule has 0 radical (unpaired) electrons. The highest BCUT2D eigenvalue weighted by atomic mass is 35.5. The number of aromatic nitrogens is 2. The molecule has 0 unspecified atom stereocenters. The summed E-state index contributed by atoms with van der Waals surface area (Å²) < 4.78 is 11.6. The number of aryl methyl sites for hydroxylation is 1. The molecule has 8 nitrogen and oxygen atoms in total. The van der Waals surface area contributed by atoms with Gasteiger partial charge in [0.15, 0.2) is 0 Å². The Hall–Kier alpha value is -2.39. The molecule has 2 rings (SSSR count). The molecular weight excluding hydrogens is 406 g/mol. The summed E-state index contributed by atoms with van der Waals surface area (Å²) in [5.41, 5.74) is 1.18. The summed E-state index contributed by atoms with van der Waals surface area (Å²) in [7, 11) is 0. The number of anilines is 1. The maximum absolute atomic E-state index is 12.5. The molecule has 2 aromatic rings. The number of esters is 2. The minimum atomic E-state index is -0.598. The number of nitrogens with zero attached hydrogens (tertiary/aromatic N) is 2. The van der Waals surface area contributed by atoms with E-state index in [1.807, 2.05) is 6.92 Å². The number of amides is 1. The fourth-order valence-corrected chi connectivity index (χ4v) is 3.65. The highest BCUT2D eigenvalue weighted by Gasteiger charge is 2.27. The van der Waals surface area contributed by atoms with Gasteiger partial charge in [0.2, 0.25) is 5.91 Å². The maximum atomic E-state index is 12.5. The van der Waals surface area contributed by atoms with Gasteiger partial charge in [-0.05, 0) is 32.8 Å². The van der Waals surface area contributed by atoms with E-state index in [2.05, 4.69) is 10.4 Å². The fourth-order valence-electron chi connectivity index (χ4n) is 2.39. The van der Waals surface area contributed by atoms with Crippen molar-refractivity contribution >= 4 is 45.8 Å². The second-order valence-electron chi connectivity index (χ2n) is 5.92. The zero-order chi connectivity index (χ0) is 20.8. The van der Waals surface area contributed by atoms with E-state index in [-0.39, 0.29) is 35.2 Å². The van der Waals surface area contributed by atoms with Gasteiger partial charge in [-0.1, -0.05) is 18.5 Å². The van der Waals surface area contributed by atoms with E-state index in [0.29, 0.717) is 22.7 Å². The molecular formula is C18H22ClN3O5S. The van der Waals surface area contributed by atoms with E-state index in [1.165, 1.54) is 10.9 Å². The van der Waals surface area contributed by atoms with Gasteiger partial charge in [0.1, 0.15) is 16.4 Å². The number of rotatable bonds is 8. The van der Waals surface area contributed by atoms with E-state index < -0.39 is 17.8 Å². The molecule has 152 valence electrons. The number of carbonyl (C=O) groups is 3. The normalized spacial score (nSPS) is 10.6. The van der Waals surface area contributed by atoms with Crippen LogP contribution >= 0.6 is 22.9 Å². The minimum Gasteiger partial charge on any atom is -0.462 e. The van der Waals surface area contributed by atoms with E-state index in [4.69, 9.17) is 21.1 Å². The molecule has 0 saturated heterocycles. The molecule has 0 aromatic carbocycles. The second-order valence-corrected chi connectivity index (χ2v) is 7.35. The standard InChI is InChI=1S/C18H22ClN3O5S/c1-5-7-27-17(24)14-10(3)15(18(25)26-6-2)28-16(14)20-13(23)9-22-8-12(19)11(4)21-22/h8H,5-7,9H2,1-4H3,(H,20,23). The lowest BCUT2D eigenvalue weighted by molar-refractivity contribution is -0.116. The summed E-state index contributed by atoms with van der Waals surface area (Å²) in [6, 6.07) is 0. The fraction of sp³-hybridized carbons (Fsp3) is 0.444. The van der Waals surface area contributed by atoms with Gasteiger partial charge in [0.05, 0.1) is 29.5 Å². The van der Waals surface area contributed by atoms with Crippen LogP contribution in [0.3, 0.4) is 0 Å². The number of hydrogen-bond donors (Lipinski definition) is 1. The lowest BCUT2D eigenvalue weighted by Gasteiger charge is -2.08. The third kappa shape index (κ3) is 5.11. The summed E-state index contributed by atoms with van der Waals surface area (Å²) >= 11 is 6.93. The van der Waals surface area contributed by atoms with Crippen LogP contribution in [0.1, 0.15) is 51.6 Å². The lowest BCUT2D eigenvalue weighted by atomic mass is 10.1. The predicted octanol–water partition coefficient (Wildman–Crippen LogP) is 3.60. The Balaban J connectivity index is 2.29. The van der Waals surface area contributed by atoms with Crippen LogP contribution in [-0.4, -0.2) is 40.8 Å². The topological polar surface area (TPSA) is 99.5 Å². The molecule has 2 aromatic heterocycles. The highest BCUT2D eigenvalue weighted by Crippen LogP contribution is 2.34. The van der Waals surface area contributed by atoms with Crippen LogP contribution in [0.15, 0.2) is 6.20 Å². The van der Waals surface area contributed by atoms with E-state index >= 15 is 0 Å². The highest BCUT2D eigenvalue weighted by molar-refractivity contribution is 7.18. The minimum absolute atomic E-state index is 0.0945.